The molecule has 9 nitrogen and oxygen atoms in total. The van der Waals surface area contributed by atoms with Gasteiger partial charge in [-0.05, 0) is 26.8 Å². The minimum absolute atomic E-state index is 0.135. The minimum Gasteiger partial charge on any atom is -0.468 e. The second-order valence-electron chi connectivity index (χ2n) is 7.65. The molecule has 0 aliphatic heterocycles. The van der Waals surface area contributed by atoms with Crippen LogP contribution in [0.15, 0.2) is 24.3 Å². The Morgan fingerprint density at radius 1 is 1.18 bits per heavy atom. The van der Waals surface area contributed by atoms with Crippen molar-refractivity contribution in [1.82, 2.24) is 15.5 Å². The maximum absolute atomic E-state index is 13.3. The molecule has 10 heteroatoms. The molecular formula is C23H27N3O6S. The van der Waals surface area contributed by atoms with E-state index in [1.165, 1.54) is 6.07 Å². The van der Waals surface area contributed by atoms with Crippen LogP contribution >= 0.6 is 12.6 Å². The molecule has 0 heterocycles. The van der Waals surface area contributed by atoms with E-state index in [9.17, 15) is 19.2 Å². The van der Waals surface area contributed by atoms with Crippen LogP contribution < -0.4 is 10.6 Å². The number of hydrogen-bond donors (Lipinski definition) is 3. The number of benzene rings is 1. The van der Waals surface area contributed by atoms with Gasteiger partial charge in [-0.3, -0.25) is 19.3 Å². The number of nitrogens with one attached hydrogen (secondary N) is 2. The smallest absolute Gasteiger partial charge is 0.408 e. The molecule has 0 radical (unpaired) electrons. The van der Waals surface area contributed by atoms with E-state index >= 15 is 0 Å². The SMILES string of the molecule is C#Cc1ccccc1C(C(=O)NCC(=O)OC)N(C#C)C(=O)C(CS)NC(=O)OC(C)(C)C. The number of rotatable bonds is 8. The molecule has 3 amide bonds. The molecule has 1 aromatic carbocycles. The number of terminal acetylenes is 2. The third kappa shape index (κ3) is 8.09. The van der Waals surface area contributed by atoms with Gasteiger partial charge >= 0.3 is 12.1 Å². The summed E-state index contributed by atoms with van der Waals surface area (Å²) in [6.07, 6.45) is 10.3. The molecule has 1 aromatic rings. The summed E-state index contributed by atoms with van der Waals surface area (Å²) in [5, 5.41) is 4.78. The standard InChI is InChI=1S/C23H27N3O6S/c1-7-15-11-9-10-12-16(15)19(20(28)24-13-18(27)31-6)26(8-2)21(29)17(14-33)25-22(30)32-23(3,4)5/h1-2,9-12,17,19,33H,13-14H2,3-6H3,(H,24,28)(H,25,30). The van der Waals surface area contributed by atoms with Crippen molar-refractivity contribution < 1.29 is 28.7 Å². The van der Waals surface area contributed by atoms with Crippen molar-refractivity contribution in [2.45, 2.75) is 38.5 Å². The molecule has 1 rings (SSSR count). The Kier molecular flexibility index (Phi) is 10.3. The van der Waals surface area contributed by atoms with E-state index in [-0.39, 0.29) is 11.3 Å². The number of alkyl carbamates (subject to hydrolysis) is 1. The van der Waals surface area contributed by atoms with Gasteiger partial charge in [0.1, 0.15) is 24.2 Å². The quantitative estimate of drug-likeness (QED) is 0.227. The van der Waals surface area contributed by atoms with Gasteiger partial charge in [0.2, 0.25) is 5.91 Å². The Morgan fingerprint density at radius 3 is 2.33 bits per heavy atom. The predicted molar refractivity (Wildman–Crippen MR) is 125 cm³/mol. The third-order valence-corrected chi connectivity index (χ3v) is 4.47. The molecular weight excluding hydrogens is 446 g/mol. The molecule has 0 aromatic heterocycles. The third-order valence-electron chi connectivity index (χ3n) is 4.10. The van der Waals surface area contributed by atoms with Gasteiger partial charge < -0.3 is 20.1 Å². The van der Waals surface area contributed by atoms with Crippen LogP contribution in [0.4, 0.5) is 4.79 Å². The van der Waals surface area contributed by atoms with Crippen LogP contribution in [0, 0.1) is 24.8 Å². The number of carbonyl (C=O) groups is 4. The first-order valence-electron chi connectivity index (χ1n) is 9.78. The number of methoxy groups -OCH3 is 1. The lowest BCUT2D eigenvalue weighted by atomic mass is 9.98. The summed E-state index contributed by atoms with van der Waals surface area (Å²) in [6, 6.07) is 5.95. The minimum atomic E-state index is -1.40. The van der Waals surface area contributed by atoms with Crippen LogP contribution in [0.1, 0.15) is 37.9 Å². The highest BCUT2D eigenvalue weighted by molar-refractivity contribution is 7.80. The maximum atomic E-state index is 13.3. The number of ether oxygens (including phenoxy) is 2. The van der Waals surface area contributed by atoms with Crippen molar-refractivity contribution in [2.75, 3.05) is 19.4 Å². The van der Waals surface area contributed by atoms with Crippen molar-refractivity contribution in [3.63, 3.8) is 0 Å². The fourth-order valence-electron chi connectivity index (χ4n) is 2.66. The van der Waals surface area contributed by atoms with Crippen LogP contribution in [0.5, 0.6) is 0 Å². The molecule has 2 N–H and O–H groups in total. The molecule has 0 saturated carbocycles. The fraction of sp³-hybridized carbons (Fsp3) is 0.391. The monoisotopic (exact) mass is 473 g/mol. The van der Waals surface area contributed by atoms with Crippen LogP contribution in [0.2, 0.25) is 0 Å². The van der Waals surface area contributed by atoms with Gasteiger partial charge in [0.25, 0.3) is 5.91 Å². The van der Waals surface area contributed by atoms with Gasteiger partial charge in [-0.15, -0.1) is 6.42 Å². The van der Waals surface area contributed by atoms with Gasteiger partial charge in [0.15, 0.2) is 0 Å². The van der Waals surface area contributed by atoms with Crippen LogP contribution in [0.25, 0.3) is 0 Å². The van der Waals surface area contributed by atoms with E-state index in [0.717, 1.165) is 12.0 Å². The fourth-order valence-corrected chi connectivity index (χ4v) is 2.91. The van der Waals surface area contributed by atoms with Gasteiger partial charge in [-0.1, -0.05) is 30.5 Å². The van der Waals surface area contributed by atoms with E-state index in [2.05, 4.69) is 40.0 Å². The summed E-state index contributed by atoms with van der Waals surface area (Å²) < 4.78 is 9.70. The topological polar surface area (TPSA) is 114 Å². The Bertz CT molecular complexity index is 974. The summed E-state index contributed by atoms with van der Waals surface area (Å²) in [5.74, 6) is 0.0287. The van der Waals surface area contributed by atoms with Gasteiger partial charge in [-0.25, -0.2) is 4.79 Å². The summed E-state index contributed by atoms with van der Waals surface area (Å²) in [7, 11) is 1.16. The molecule has 0 aliphatic rings. The highest BCUT2D eigenvalue weighted by Gasteiger charge is 2.36. The Balaban J connectivity index is 3.35. The number of nitrogens with zero attached hydrogens (tertiary/aromatic N) is 1. The second-order valence-corrected chi connectivity index (χ2v) is 8.01. The first-order valence-corrected chi connectivity index (χ1v) is 10.4. The van der Waals surface area contributed by atoms with Crippen molar-refractivity contribution in [3.8, 4) is 24.8 Å². The molecule has 0 bridgehead atoms. The Hall–Kier alpha value is -3.63. The number of amides is 3. The normalized spacial score (nSPS) is 12.2. The molecule has 0 spiro atoms. The second kappa shape index (κ2) is 12.4. The van der Waals surface area contributed by atoms with Gasteiger partial charge in [0.05, 0.1) is 7.11 Å². The Morgan fingerprint density at radius 2 is 1.82 bits per heavy atom. The number of thiol groups is 1. The van der Waals surface area contributed by atoms with Crippen LogP contribution in [-0.4, -0.2) is 59.8 Å². The van der Waals surface area contributed by atoms with E-state index in [0.29, 0.717) is 5.56 Å². The van der Waals surface area contributed by atoms with Crippen molar-refractivity contribution in [2.24, 2.45) is 0 Å². The van der Waals surface area contributed by atoms with Crippen LogP contribution in [-0.2, 0) is 23.9 Å². The van der Waals surface area contributed by atoms with Gasteiger partial charge in [-0.2, -0.15) is 12.6 Å². The van der Waals surface area contributed by atoms with E-state index in [4.69, 9.17) is 17.6 Å². The zero-order chi connectivity index (χ0) is 25.2. The van der Waals surface area contributed by atoms with E-state index in [1.807, 2.05) is 0 Å². The van der Waals surface area contributed by atoms with Crippen molar-refractivity contribution >= 4 is 36.5 Å². The highest BCUT2D eigenvalue weighted by Crippen LogP contribution is 2.25. The summed E-state index contributed by atoms with van der Waals surface area (Å²) in [5.41, 5.74) is -0.239. The van der Waals surface area contributed by atoms with E-state index < -0.39 is 48.1 Å². The van der Waals surface area contributed by atoms with Crippen molar-refractivity contribution in [1.29, 1.82) is 0 Å². The molecule has 176 valence electrons. The Labute approximate surface area is 199 Å². The zero-order valence-corrected chi connectivity index (χ0v) is 19.8. The molecule has 2 atom stereocenters. The highest BCUT2D eigenvalue weighted by atomic mass is 32.1. The lowest BCUT2D eigenvalue weighted by Gasteiger charge is -2.30. The zero-order valence-electron chi connectivity index (χ0n) is 18.9. The molecule has 0 fully saturated rings. The first-order chi connectivity index (χ1) is 15.5. The lowest BCUT2D eigenvalue weighted by Crippen LogP contribution is -2.52. The summed E-state index contributed by atoms with van der Waals surface area (Å²) in [6.45, 7) is 4.53. The first kappa shape index (κ1) is 27.4. The molecule has 2 unspecified atom stereocenters. The number of esters is 1. The molecule has 33 heavy (non-hydrogen) atoms. The number of hydrogen-bond acceptors (Lipinski definition) is 7. The van der Waals surface area contributed by atoms with Crippen molar-refractivity contribution in [3.05, 3.63) is 35.4 Å². The van der Waals surface area contributed by atoms with Gasteiger partial charge in [0, 0.05) is 22.9 Å². The largest absolute Gasteiger partial charge is 0.468 e. The number of carbonyl (C=O) groups excluding carboxylic acids is 4. The predicted octanol–water partition coefficient (Wildman–Crippen LogP) is 1.24. The summed E-state index contributed by atoms with van der Waals surface area (Å²) in [4.78, 5) is 50.8. The maximum Gasteiger partial charge on any atom is 0.408 e. The lowest BCUT2D eigenvalue weighted by molar-refractivity contribution is -0.142. The van der Waals surface area contributed by atoms with Crippen LogP contribution in [0.3, 0.4) is 0 Å². The average molecular weight is 474 g/mol. The van der Waals surface area contributed by atoms with E-state index in [1.54, 1.807) is 39.0 Å². The molecule has 0 saturated heterocycles. The molecule has 0 aliphatic carbocycles. The average Bonchev–Trinajstić information content (AvgIpc) is 2.77. The summed E-state index contributed by atoms with van der Waals surface area (Å²) >= 11 is 4.12.